The highest BCUT2D eigenvalue weighted by Crippen LogP contribution is 2.16. The maximum absolute atomic E-state index is 5.67. The van der Waals surface area contributed by atoms with E-state index in [1.165, 1.54) is 16.3 Å². The van der Waals surface area contributed by atoms with Gasteiger partial charge in [-0.15, -0.1) is 0 Å². The first-order valence-corrected chi connectivity index (χ1v) is 7.54. The molecule has 1 unspecified atom stereocenters. The molecule has 2 aromatic rings. The smallest absolute Gasteiger partial charge is 0.0506 e. The number of benzene rings is 2. The maximum Gasteiger partial charge on any atom is 0.0506 e. The summed E-state index contributed by atoms with van der Waals surface area (Å²) in [5.74, 6) is 0. The van der Waals surface area contributed by atoms with Crippen molar-refractivity contribution in [3.8, 4) is 0 Å². The van der Waals surface area contributed by atoms with Gasteiger partial charge in [-0.2, -0.15) is 12.6 Å². The lowest BCUT2D eigenvalue weighted by atomic mass is 10.1. The molecule has 0 bridgehead atoms. The standard InChI is InChI=1S/C17H22OS/c1-2-17(19)10-12-18-11-9-14-7-8-15-5-3-4-6-16(15)13-14/h3-8,13,17,19H,2,9-12H2,1H3. The van der Waals surface area contributed by atoms with Gasteiger partial charge >= 0.3 is 0 Å². The fourth-order valence-electron chi connectivity index (χ4n) is 2.11. The second kappa shape index (κ2) is 7.56. The van der Waals surface area contributed by atoms with E-state index in [0.29, 0.717) is 5.25 Å². The van der Waals surface area contributed by atoms with Crippen LogP contribution in [0.1, 0.15) is 25.3 Å². The summed E-state index contributed by atoms with van der Waals surface area (Å²) in [5.41, 5.74) is 1.34. The summed E-state index contributed by atoms with van der Waals surface area (Å²) >= 11 is 4.46. The lowest BCUT2D eigenvalue weighted by molar-refractivity contribution is 0.134. The average molecular weight is 274 g/mol. The third-order valence-electron chi connectivity index (χ3n) is 3.42. The van der Waals surface area contributed by atoms with E-state index in [4.69, 9.17) is 4.74 Å². The number of rotatable bonds is 7. The Balaban J connectivity index is 1.78. The van der Waals surface area contributed by atoms with Crippen molar-refractivity contribution in [2.24, 2.45) is 0 Å². The van der Waals surface area contributed by atoms with Crippen LogP contribution in [-0.4, -0.2) is 18.5 Å². The molecule has 2 aromatic carbocycles. The lowest BCUT2D eigenvalue weighted by Crippen LogP contribution is -2.05. The molecule has 0 fully saturated rings. The van der Waals surface area contributed by atoms with Crippen LogP contribution in [0, 0.1) is 0 Å². The van der Waals surface area contributed by atoms with Crippen molar-refractivity contribution in [3.63, 3.8) is 0 Å². The molecule has 0 spiro atoms. The van der Waals surface area contributed by atoms with E-state index in [1.807, 2.05) is 0 Å². The van der Waals surface area contributed by atoms with E-state index >= 15 is 0 Å². The van der Waals surface area contributed by atoms with E-state index < -0.39 is 0 Å². The van der Waals surface area contributed by atoms with E-state index in [-0.39, 0.29) is 0 Å². The van der Waals surface area contributed by atoms with Crippen LogP contribution in [0.25, 0.3) is 10.8 Å². The molecule has 0 radical (unpaired) electrons. The van der Waals surface area contributed by atoms with E-state index in [0.717, 1.165) is 32.5 Å². The first-order valence-electron chi connectivity index (χ1n) is 7.03. The van der Waals surface area contributed by atoms with Crippen LogP contribution in [0.15, 0.2) is 42.5 Å². The summed E-state index contributed by atoms with van der Waals surface area (Å²) in [5, 5.41) is 3.08. The molecular formula is C17H22OS. The molecule has 0 N–H and O–H groups in total. The van der Waals surface area contributed by atoms with Crippen LogP contribution >= 0.6 is 12.6 Å². The number of hydrogen-bond acceptors (Lipinski definition) is 2. The topological polar surface area (TPSA) is 9.23 Å². The lowest BCUT2D eigenvalue weighted by Gasteiger charge is -2.08. The molecule has 0 saturated carbocycles. The maximum atomic E-state index is 5.67. The molecule has 0 aliphatic heterocycles. The number of ether oxygens (including phenoxy) is 1. The van der Waals surface area contributed by atoms with Gasteiger partial charge in [-0.1, -0.05) is 49.4 Å². The zero-order chi connectivity index (χ0) is 13.5. The molecule has 1 atom stereocenters. The predicted octanol–water partition coefficient (Wildman–Crippen LogP) is 4.50. The molecule has 0 saturated heterocycles. The Labute approximate surface area is 121 Å². The van der Waals surface area contributed by atoms with Crippen molar-refractivity contribution in [2.75, 3.05) is 13.2 Å². The minimum atomic E-state index is 0.473. The van der Waals surface area contributed by atoms with Crippen LogP contribution in [0.2, 0.25) is 0 Å². The van der Waals surface area contributed by atoms with Crippen LogP contribution in [0.5, 0.6) is 0 Å². The minimum Gasteiger partial charge on any atom is -0.381 e. The first-order chi connectivity index (χ1) is 9.29. The monoisotopic (exact) mass is 274 g/mol. The third-order valence-corrected chi connectivity index (χ3v) is 4.04. The van der Waals surface area contributed by atoms with Gasteiger partial charge in [-0.25, -0.2) is 0 Å². The van der Waals surface area contributed by atoms with Crippen molar-refractivity contribution in [3.05, 3.63) is 48.0 Å². The van der Waals surface area contributed by atoms with Gasteiger partial charge in [0.25, 0.3) is 0 Å². The predicted molar refractivity (Wildman–Crippen MR) is 86.2 cm³/mol. The highest BCUT2D eigenvalue weighted by atomic mass is 32.1. The fourth-order valence-corrected chi connectivity index (χ4v) is 2.22. The molecule has 0 aromatic heterocycles. The Morgan fingerprint density at radius 2 is 1.84 bits per heavy atom. The number of fused-ring (bicyclic) bond motifs is 1. The van der Waals surface area contributed by atoms with Gasteiger partial charge in [0.2, 0.25) is 0 Å². The molecule has 19 heavy (non-hydrogen) atoms. The fraction of sp³-hybridized carbons (Fsp3) is 0.412. The normalized spacial score (nSPS) is 12.7. The SMILES string of the molecule is CCC(S)CCOCCc1ccc2ccccc2c1. The first kappa shape index (κ1) is 14.4. The van der Waals surface area contributed by atoms with Crippen LogP contribution in [-0.2, 0) is 11.2 Å². The van der Waals surface area contributed by atoms with Crippen LogP contribution < -0.4 is 0 Å². The summed E-state index contributed by atoms with van der Waals surface area (Å²) < 4.78 is 5.67. The molecule has 0 amide bonds. The summed E-state index contributed by atoms with van der Waals surface area (Å²) in [6, 6.07) is 15.1. The number of hydrogen-bond donors (Lipinski definition) is 1. The quantitative estimate of drug-likeness (QED) is 0.578. The Morgan fingerprint density at radius 3 is 2.63 bits per heavy atom. The van der Waals surface area contributed by atoms with Gasteiger partial charge in [0.15, 0.2) is 0 Å². The molecule has 2 rings (SSSR count). The van der Waals surface area contributed by atoms with E-state index in [2.05, 4.69) is 62.0 Å². The molecule has 0 aliphatic carbocycles. The molecule has 0 aliphatic rings. The Hall–Kier alpha value is -0.990. The third kappa shape index (κ3) is 4.55. The zero-order valence-electron chi connectivity index (χ0n) is 11.5. The summed E-state index contributed by atoms with van der Waals surface area (Å²) in [6.45, 7) is 3.77. The van der Waals surface area contributed by atoms with E-state index in [9.17, 15) is 0 Å². The van der Waals surface area contributed by atoms with E-state index in [1.54, 1.807) is 0 Å². The highest BCUT2D eigenvalue weighted by Gasteiger charge is 2.00. The van der Waals surface area contributed by atoms with Crippen molar-refractivity contribution in [1.82, 2.24) is 0 Å². The van der Waals surface area contributed by atoms with Gasteiger partial charge in [0.05, 0.1) is 6.61 Å². The second-order valence-corrected chi connectivity index (χ2v) is 5.62. The Morgan fingerprint density at radius 1 is 1.05 bits per heavy atom. The molecule has 102 valence electrons. The van der Waals surface area contributed by atoms with Crippen LogP contribution in [0.4, 0.5) is 0 Å². The molecule has 1 nitrogen and oxygen atoms in total. The highest BCUT2D eigenvalue weighted by molar-refractivity contribution is 7.80. The molecule has 0 heterocycles. The largest absolute Gasteiger partial charge is 0.381 e. The van der Waals surface area contributed by atoms with Gasteiger partial charge in [-0.3, -0.25) is 0 Å². The number of thiol groups is 1. The molecule has 2 heteroatoms. The summed E-state index contributed by atoms with van der Waals surface area (Å²) in [6.07, 6.45) is 3.13. The van der Waals surface area contributed by atoms with Gasteiger partial charge in [0, 0.05) is 11.9 Å². The Bertz CT molecular complexity index is 509. The summed E-state index contributed by atoms with van der Waals surface area (Å²) in [4.78, 5) is 0. The van der Waals surface area contributed by atoms with Crippen molar-refractivity contribution in [2.45, 2.75) is 31.4 Å². The second-order valence-electron chi connectivity index (χ2n) is 4.89. The zero-order valence-corrected chi connectivity index (χ0v) is 12.4. The summed E-state index contributed by atoms with van der Waals surface area (Å²) in [7, 11) is 0. The Kier molecular flexibility index (Phi) is 5.74. The van der Waals surface area contributed by atoms with Crippen molar-refractivity contribution in [1.29, 1.82) is 0 Å². The van der Waals surface area contributed by atoms with Crippen molar-refractivity contribution < 1.29 is 4.74 Å². The van der Waals surface area contributed by atoms with Gasteiger partial charge in [-0.05, 0) is 35.6 Å². The molecular weight excluding hydrogens is 252 g/mol. The van der Waals surface area contributed by atoms with Gasteiger partial charge < -0.3 is 4.74 Å². The minimum absolute atomic E-state index is 0.473. The van der Waals surface area contributed by atoms with Crippen LogP contribution in [0.3, 0.4) is 0 Å². The van der Waals surface area contributed by atoms with Crippen molar-refractivity contribution >= 4 is 23.4 Å². The average Bonchev–Trinajstić information content (AvgIpc) is 2.46. The van der Waals surface area contributed by atoms with Gasteiger partial charge in [0.1, 0.15) is 0 Å².